The molecule has 1 N–H and O–H groups in total. The topological polar surface area (TPSA) is 88.2 Å². The van der Waals surface area contributed by atoms with Crippen molar-refractivity contribution in [1.29, 1.82) is 5.26 Å². The molecule has 1 aliphatic rings. The van der Waals surface area contributed by atoms with Crippen molar-refractivity contribution >= 4 is 5.69 Å². The zero-order chi connectivity index (χ0) is 14.4. The van der Waals surface area contributed by atoms with Crippen LogP contribution in [-0.2, 0) is 0 Å². The van der Waals surface area contributed by atoms with E-state index in [9.17, 15) is 10.1 Å². The van der Waals surface area contributed by atoms with Crippen molar-refractivity contribution in [3.8, 4) is 11.8 Å². The van der Waals surface area contributed by atoms with E-state index in [1.165, 1.54) is 31.0 Å². The van der Waals surface area contributed by atoms with Gasteiger partial charge >= 0.3 is 5.69 Å². The lowest BCUT2D eigenvalue weighted by molar-refractivity contribution is -0.385. The number of hydrogen-bond acceptors (Lipinski definition) is 5. The molecule has 0 amide bonds. The number of nitrogens with zero attached hydrogens (tertiary/aromatic N) is 2. The average molecular weight is 275 g/mol. The molecule has 0 aromatic heterocycles. The van der Waals surface area contributed by atoms with Crippen molar-refractivity contribution in [3.63, 3.8) is 0 Å². The molecule has 20 heavy (non-hydrogen) atoms. The molecule has 1 fully saturated rings. The van der Waals surface area contributed by atoms with Crippen molar-refractivity contribution in [3.05, 3.63) is 33.9 Å². The number of hydrogen-bond donors (Lipinski definition) is 1. The zero-order valence-electron chi connectivity index (χ0n) is 11.2. The highest BCUT2D eigenvalue weighted by molar-refractivity contribution is 5.51. The molecule has 0 aliphatic carbocycles. The predicted molar refractivity (Wildman–Crippen MR) is 73.6 cm³/mol. The summed E-state index contributed by atoms with van der Waals surface area (Å²) >= 11 is 0. The summed E-state index contributed by atoms with van der Waals surface area (Å²) < 4.78 is 5.51. The summed E-state index contributed by atoms with van der Waals surface area (Å²) in [4.78, 5) is 10.4. The lowest BCUT2D eigenvalue weighted by Gasteiger charge is -2.23. The summed E-state index contributed by atoms with van der Waals surface area (Å²) in [6, 6.07) is 6.58. The molecule has 1 aromatic rings. The van der Waals surface area contributed by atoms with E-state index in [1.54, 1.807) is 0 Å². The van der Waals surface area contributed by atoms with Crippen LogP contribution in [0.4, 0.5) is 5.69 Å². The Morgan fingerprint density at radius 1 is 1.50 bits per heavy atom. The minimum atomic E-state index is -0.519. The standard InChI is InChI=1S/C14H17N3O3/c15-10-11-4-5-14(13(9-11)17(18)19)20-8-6-12-3-1-2-7-16-12/h4-5,9,12,16H,1-3,6-8H2. The number of nitriles is 1. The molecule has 1 unspecified atom stereocenters. The Bertz CT molecular complexity index is 519. The third-order valence-corrected chi connectivity index (χ3v) is 3.42. The first-order valence-corrected chi connectivity index (χ1v) is 6.75. The van der Waals surface area contributed by atoms with E-state index in [0.717, 1.165) is 19.4 Å². The van der Waals surface area contributed by atoms with Crippen LogP contribution in [0.3, 0.4) is 0 Å². The monoisotopic (exact) mass is 275 g/mol. The van der Waals surface area contributed by atoms with Crippen molar-refractivity contribution in [1.82, 2.24) is 5.32 Å². The third kappa shape index (κ3) is 3.68. The van der Waals surface area contributed by atoms with Gasteiger partial charge in [0.15, 0.2) is 5.75 Å². The number of benzene rings is 1. The van der Waals surface area contributed by atoms with Crippen molar-refractivity contribution < 1.29 is 9.66 Å². The maximum atomic E-state index is 11.0. The van der Waals surface area contributed by atoms with E-state index in [-0.39, 0.29) is 17.0 Å². The molecule has 0 bridgehead atoms. The Labute approximate surface area is 117 Å². The van der Waals surface area contributed by atoms with E-state index in [4.69, 9.17) is 10.00 Å². The number of rotatable bonds is 5. The average Bonchev–Trinajstić information content (AvgIpc) is 2.48. The molecule has 2 rings (SSSR count). The van der Waals surface area contributed by atoms with Gasteiger partial charge in [-0.2, -0.15) is 5.26 Å². The number of nitro groups is 1. The van der Waals surface area contributed by atoms with Gasteiger partial charge in [-0.05, 0) is 37.9 Å². The molecular formula is C14H17N3O3. The first kappa shape index (κ1) is 14.3. The van der Waals surface area contributed by atoms with Gasteiger partial charge in [0.05, 0.1) is 23.2 Å². The Balaban J connectivity index is 1.94. The second kappa shape index (κ2) is 6.87. The fraction of sp³-hybridized carbons (Fsp3) is 0.500. The highest BCUT2D eigenvalue weighted by Crippen LogP contribution is 2.28. The number of nitrogens with one attached hydrogen (secondary N) is 1. The number of ether oxygens (including phenoxy) is 1. The number of piperidine rings is 1. The molecule has 1 saturated heterocycles. The first-order chi connectivity index (χ1) is 9.70. The summed E-state index contributed by atoms with van der Waals surface area (Å²) in [5.74, 6) is 0.227. The van der Waals surface area contributed by atoms with Gasteiger partial charge in [0.1, 0.15) is 0 Å². The summed E-state index contributed by atoms with van der Waals surface area (Å²) in [5.41, 5.74) is 0.110. The van der Waals surface area contributed by atoms with Gasteiger partial charge in [-0.15, -0.1) is 0 Å². The van der Waals surface area contributed by atoms with Gasteiger partial charge in [0.25, 0.3) is 0 Å². The van der Waals surface area contributed by atoms with Crippen molar-refractivity contribution in [2.75, 3.05) is 13.2 Å². The summed E-state index contributed by atoms with van der Waals surface area (Å²) in [7, 11) is 0. The lowest BCUT2D eigenvalue weighted by atomic mass is 10.0. The number of nitro benzene ring substituents is 1. The fourth-order valence-electron chi connectivity index (χ4n) is 2.33. The van der Waals surface area contributed by atoms with Crippen LogP contribution in [0.5, 0.6) is 5.75 Å². The SMILES string of the molecule is N#Cc1ccc(OCCC2CCCCN2)c([N+](=O)[O-])c1. The van der Waals surface area contributed by atoms with Crippen LogP contribution in [0.1, 0.15) is 31.2 Å². The van der Waals surface area contributed by atoms with Gasteiger partial charge in [0.2, 0.25) is 0 Å². The van der Waals surface area contributed by atoms with E-state index >= 15 is 0 Å². The van der Waals surface area contributed by atoms with Crippen molar-refractivity contribution in [2.24, 2.45) is 0 Å². The highest BCUT2D eigenvalue weighted by Gasteiger charge is 2.17. The third-order valence-electron chi connectivity index (χ3n) is 3.42. The minimum absolute atomic E-state index is 0.152. The quantitative estimate of drug-likeness (QED) is 0.658. The van der Waals surface area contributed by atoms with Crippen LogP contribution in [0.25, 0.3) is 0 Å². The van der Waals surface area contributed by atoms with Crippen LogP contribution in [-0.4, -0.2) is 24.1 Å². The Morgan fingerprint density at radius 2 is 2.35 bits per heavy atom. The van der Waals surface area contributed by atoms with Crippen LogP contribution in [0.15, 0.2) is 18.2 Å². The van der Waals surface area contributed by atoms with Crippen LogP contribution in [0, 0.1) is 21.4 Å². The Hall–Kier alpha value is -2.13. The van der Waals surface area contributed by atoms with Gasteiger partial charge in [0, 0.05) is 12.1 Å². The summed E-state index contributed by atoms with van der Waals surface area (Å²) in [6.07, 6.45) is 4.38. The fourth-order valence-corrected chi connectivity index (χ4v) is 2.33. The maximum absolute atomic E-state index is 11.0. The van der Waals surface area contributed by atoms with Gasteiger partial charge in [-0.3, -0.25) is 10.1 Å². The van der Waals surface area contributed by atoms with E-state index in [0.29, 0.717) is 12.6 Å². The summed E-state index contributed by atoms with van der Waals surface area (Å²) in [6.45, 7) is 1.46. The molecule has 1 atom stereocenters. The molecule has 0 saturated carbocycles. The van der Waals surface area contributed by atoms with Crippen LogP contribution < -0.4 is 10.1 Å². The van der Waals surface area contributed by atoms with Gasteiger partial charge < -0.3 is 10.1 Å². The molecular weight excluding hydrogens is 258 g/mol. The van der Waals surface area contributed by atoms with E-state index < -0.39 is 4.92 Å². The van der Waals surface area contributed by atoms with Crippen LogP contribution >= 0.6 is 0 Å². The molecule has 0 spiro atoms. The zero-order valence-corrected chi connectivity index (χ0v) is 11.2. The van der Waals surface area contributed by atoms with Crippen molar-refractivity contribution in [2.45, 2.75) is 31.7 Å². The molecule has 106 valence electrons. The molecule has 1 heterocycles. The maximum Gasteiger partial charge on any atom is 0.312 e. The lowest BCUT2D eigenvalue weighted by Crippen LogP contribution is -2.35. The van der Waals surface area contributed by atoms with E-state index in [1.807, 2.05) is 6.07 Å². The molecule has 0 radical (unpaired) electrons. The smallest absolute Gasteiger partial charge is 0.312 e. The second-order valence-electron chi connectivity index (χ2n) is 4.84. The molecule has 6 nitrogen and oxygen atoms in total. The molecule has 1 aliphatic heterocycles. The Morgan fingerprint density at radius 3 is 3.00 bits per heavy atom. The summed E-state index contributed by atoms with van der Waals surface area (Å²) in [5, 5.41) is 23.1. The predicted octanol–water partition coefficient (Wildman–Crippen LogP) is 2.38. The largest absolute Gasteiger partial charge is 0.487 e. The molecule has 1 aromatic carbocycles. The highest BCUT2D eigenvalue weighted by atomic mass is 16.6. The van der Waals surface area contributed by atoms with Crippen LogP contribution in [0.2, 0.25) is 0 Å². The minimum Gasteiger partial charge on any atom is -0.487 e. The molecule has 6 heteroatoms. The normalized spacial score (nSPS) is 18.2. The Kier molecular flexibility index (Phi) is 4.91. The van der Waals surface area contributed by atoms with E-state index in [2.05, 4.69) is 5.32 Å². The van der Waals surface area contributed by atoms with Gasteiger partial charge in [-0.25, -0.2) is 0 Å². The second-order valence-corrected chi connectivity index (χ2v) is 4.84. The first-order valence-electron chi connectivity index (χ1n) is 6.75. The van der Waals surface area contributed by atoms with Gasteiger partial charge in [-0.1, -0.05) is 6.42 Å².